The van der Waals surface area contributed by atoms with Gasteiger partial charge in [-0.15, -0.1) is 0 Å². The zero-order valence-electron chi connectivity index (χ0n) is 13.9. The van der Waals surface area contributed by atoms with E-state index in [2.05, 4.69) is 45.5 Å². The Hall–Kier alpha value is -2.17. The third kappa shape index (κ3) is 4.65. The lowest BCUT2D eigenvalue weighted by atomic mass is 10.2. The fourth-order valence-electron chi connectivity index (χ4n) is 2.40. The zero-order chi connectivity index (χ0) is 16.1. The normalized spacial score (nSPS) is 15.2. The predicted molar refractivity (Wildman–Crippen MR) is 93.8 cm³/mol. The van der Waals surface area contributed by atoms with Gasteiger partial charge in [0.25, 0.3) is 0 Å². The predicted octanol–water partition coefficient (Wildman–Crippen LogP) is 3.61. The molecule has 2 aromatic rings. The fourth-order valence-corrected chi connectivity index (χ4v) is 2.40. The Kier molecular flexibility index (Phi) is 5.05. The summed E-state index contributed by atoms with van der Waals surface area (Å²) in [5.41, 5.74) is 2.25. The van der Waals surface area contributed by atoms with E-state index in [1.165, 1.54) is 12.8 Å². The van der Waals surface area contributed by atoms with E-state index in [0.717, 1.165) is 42.5 Å². The fraction of sp³-hybridized carbons (Fsp3) is 0.500. The molecule has 1 fully saturated rings. The zero-order valence-corrected chi connectivity index (χ0v) is 13.9. The number of aromatic nitrogens is 3. The van der Waals surface area contributed by atoms with Crippen molar-refractivity contribution in [2.24, 2.45) is 0 Å². The summed E-state index contributed by atoms with van der Waals surface area (Å²) in [6, 6.07) is 8.49. The summed E-state index contributed by atoms with van der Waals surface area (Å²) in [5.74, 6) is 2.26. The molecule has 0 bridgehead atoms. The van der Waals surface area contributed by atoms with Gasteiger partial charge in [0.1, 0.15) is 5.82 Å². The average Bonchev–Trinajstić information content (AvgIpc) is 3.40. The van der Waals surface area contributed by atoms with Gasteiger partial charge >= 0.3 is 0 Å². The van der Waals surface area contributed by atoms with E-state index in [4.69, 9.17) is 0 Å². The van der Waals surface area contributed by atoms with Crippen molar-refractivity contribution >= 4 is 11.8 Å². The topological polar surface area (TPSA) is 62.7 Å². The number of hydrogen-bond acceptors (Lipinski definition) is 5. The van der Waals surface area contributed by atoms with E-state index in [-0.39, 0.29) is 0 Å². The first-order valence-corrected chi connectivity index (χ1v) is 8.54. The van der Waals surface area contributed by atoms with Gasteiger partial charge in [-0.3, -0.25) is 4.98 Å². The lowest BCUT2D eigenvalue weighted by Gasteiger charge is -2.14. The molecule has 0 aliphatic heterocycles. The second-order valence-corrected chi connectivity index (χ2v) is 6.23. The van der Waals surface area contributed by atoms with Crippen molar-refractivity contribution < 1.29 is 0 Å². The van der Waals surface area contributed by atoms with Gasteiger partial charge in [0.05, 0.1) is 5.69 Å². The van der Waals surface area contributed by atoms with Crippen LogP contribution in [0.15, 0.2) is 30.5 Å². The average molecular weight is 311 g/mol. The van der Waals surface area contributed by atoms with Crippen LogP contribution in [0.1, 0.15) is 50.4 Å². The van der Waals surface area contributed by atoms with Crippen LogP contribution < -0.4 is 10.6 Å². The van der Waals surface area contributed by atoms with Crippen LogP contribution in [0.2, 0.25) is 0 Å². The minimum Gasteiger partial charge on any atom is -0.370 e. The van der Waals surface area contributed by atoms with Crippen LogP contribution in [0.25, 0.3) is 0 Å². The molecule has 0 unspecified atom stereocenters. The Bertz CT molecular complexity index is 625. The van der Waals surface area contributed by atoms with Crippen molar-refractivity contribution in [3.8, 4) is 0 Å². The molecule has 1 saturated carbocycles. The van der Waals surface area contributed by atoms with Crippen molar-refractivity contribution in [1.29, 1.82) is 0 Å². The van der Waals surface area contributed by atoms with Crippen LogP contribution in [0.5, 0.6) is 0 Å². The van der Waals surface area contributed by atoms with Crippen LogP contribution >= 0.6 is 0 Å². The van der Waals surface area contributed by atoms with E-state index in [1.807, 2.05) is 24.4 Å². The molecule has 5 nitrogen and oxygen atoms in total. The molecule has 1 aliphatic rings. The number of nitrogens with zero attached hydrogens (tertiary/aromatic N) is 3. The molecule has 122 valence electrons. The maximum atomic E-state index is 4.68. The van der Waals surface area contributed by atoms with Crippen LogP contribution in [-0.4, -0.2) is 27.5 Å². The Balaban J connectivity index is 1.65. The highest BCUT2D eigenvalue weighted by atomic mass is 15.2. The molecule has 2 aromatic heterocycles. The van der Waals surface area contributed by atoms with Crippen LogP contribution in [-0.2, 0) is 6.42 Å². The van der Waals surface area contributed by atoms with Gasteiger partial charge in [0.2, 0.25) is 5.95 Å². The minimum atomic E-state index is 0.380. The first kappa shape index (κ1) is 15.7. The largest absolute Gasteiger partial charge is 0.370 e. The Labute approximate surface area is 138 Å². The van der Waals surface area contributed by atoms with Crippen molar-refractivity contribution in [2.45, 2.75) is 51.5 Å². The van der Waals surface area contributed by atoms with Gasteiger partial charge in [0, 0.05) is 42.9 Å². The van der Waals surface area contributed by atoms with Gasteiger partial charge in [-0.05, 0) is 38.3 Å². The molecule has 0 spiro atoms. The quantitative estimate of drug-likeness (QED) is 0.779. The van der Waals surface area contributed by atoms with E-state index in [1.54, 1.807) is 0 Å². The second-order valence-electron chi connectivity index (χ2n) is 6.23. The number of anilines is 2. The molecule has 0 radical (unpaired) electrons. The Morgan fingerprint density at radius 2 is 2.13 bits per heavy atom. The SMILES string of the molecule is CC[C@@H](C)Nc1nc(NCCc2ccccn2)cc(C2CC2)n1. The Morgan fingerprint density at radius 1 is 1.26 bits per heavy atom. The molecule has 0 aromatic carbocycles. The molecule has 23 heavy (non-hydrogen) atoms. The van der Waals surface area contributed by atoms with Crippen LogP contribution in [0.3, 0.4) is 0 Å². The summed E-state index contributed by atoms with van der Waals surface area (Å²) in [6.45, 7) is 5.14. The summed E-state index contributed by atoms with van der Waals surface area (Å²) in [4.78, 5) is 13.6. The third-order valence-electron chi connectivity index (χ3n) is 4.14. The maximum Gasteiger partial charge on any atom is 0.225 e. The van der Waals surface area contributed by atoms with Crippen molar-refractivity contribution in [2.75, 3.05) is 17.2 Å². The van der Waals surface area contributed by atoms with E-state index in [9.17, 15) is 0 Å². The first-order chi connectivity index (χ1) is 11.2. The van der Waals surface area contributed by atoms with E-state index < -0.39 is 0 Å². The molecule has 3 rings (SSSR count). The molecular formula is C18H25N5. The van der Waals surface area contributed by atoms with E-state index in [0.29, 0.717) is 12.0 Å². The van der Waals surface area contributed by atoms with Crippen molar-refractivity contribution in [3.63, 3.8) is 0 Å². The second kappa shape index (κ2) is 7.40. The smallest absolute Gasteiger partial charge is 0.225 e. The summed E-state index contributed by atoms with van der Waals surface area (Å²) >= 11 is 0. The lowest BCUT2D eigenvalue weighted by molar-refractivity contribution is 0.750. The highest BCUT2D eigenvalue weighted by Gasteiger charge is 2.26. The number of hydrogen-bond donors (Lipinski definition) is 2. The molecule has 1 aliphatic carbocycles. The maximum absolute atomic E-state index is 4.68. The third-order valence-corrected chi connectivity index (χ3v) is 4.14. The summed E-state index contributed by atoms with van der Waals surface area (Å²) < 4.78 is 0. The van der Waals surface area contributed by atoms with Gasteiger partial charge in [-0.25, -0.2) is 4.98 Å². The van der Waals surface area contributed by atoms with Gasteiger partial charge in [-0.2, -0.15) is 4.98 Å². The van der Waals surface area contributed by atoms with E-state index >= 15 is 0 Å². The number of nitrogens with one attached hydrogen (secondary N) is 2. The standard InChI is InChI=1S/C18H25N5/c1-3-13(2)21-18-22-16(14-7-8-14)12-17(23-18)20-11-9-15-6-4-5-10-19-15/h4-6,10,12-14H,3,7-9,11H2,1-2H3,(H2,20,21,22,23)/t13-/m1/s1. The highest BCUT2D eigenvalue weighted by molar-refractivity contribution is 5.44. The summed E-state index contributed by atoms with van der Waals surface area (Å²) in [5, 5.41) is 6.81. The van der Waals surface area contributed by atoms with Gasteiger partial charge in [0.15, 0.2) is 0 Å². The van der Waals surface area contributed by atoms with Gasteiger partial charge < -0.3 is 10.6 Å². The molecule has 2 heterocycles. The minimum absolute atomic E-state index is 0.380. The highest BCUT2D eigenvalue weighted by Crippen LogP contribution is 2.39. The number of pyridine rings is 1. The molecule has 2 N–H and O–H groups in total. The van der Waals surface area contributed by atoms with Crippen LogP contribution in [0, 0.1) is 0 Å². The van der Waals surface area contributed by atoms with Crippen molar-refractivity contribution in [3.05, 3.63) is 41.9 Å². The number of rotatable bonds is 8. The molecule has 0 saturated heterocycles. The monoisotopic (exact) mass is 311 g/mol. The molecular weight excluding hydrogens is 286 g/mol. The summed E-state index contributed by atoms with van der Waals surface area (Å²) in [6.07, 6.45) is 6.26. The first-order valence-electron chi connectivity index (χ1n) is 8.54. The van der Waals surface area contributed by atoms with Gasteiger partial charge in [-0.1, -0.05) is 13.0 Å². The lowest BCUT2D eigenvalue weighted by Crippen LogP contribution is -2.17. The molecule has 0 amide bonds. The van der Waals surface area contributed by atoms with Crippen LogP contribution in [0.4, 0.5) is 11.8 Å². The summed E-state index contributed by atoms with van der Waals surface area (Å²) in [7, 11) is 0. The van der Waals surface area contributed by atoms with Crippen molar-refractivity contribution in [1.82, 2.24) is 15.0 Å². The Morgan fingerprint density at radius 3 is 2.83 bits per heavy atom. The molecule has 5 heteroatoms. The molecule has 1 atom stereocenters.